The molecule has 0 saturated heterocycles. The van der Waals surface area contributed by atoms with Gasteiger partial charge in [0.25, 0.3) is 0 Å². The zero-order valence-electron chi connectivity index (χ0n) is 21.3. The minimum Gasteiger partial charge on any atom is -0.383 e. The maximum Gasteiger partial charge on any atom is 0.338 e. The van der Waals surface area contributed by atoms with Crippen molar-refractivity contribution in [1.29, 1.82) is 0 Å². The summed E-state index contributed by atoms with van der Waals surface area (Å²) in [4.78, 5) is 13.8. The molecule has 38 heavy (non-hydrogen) atoms. The van der Waals surface area contributed by atoms with Crippen molar-refractivity contribution in [2.24, 2.45) is 0 Å². The van der Waals surface area contributed by atoms with Gasteiger partial charge in [-0.15, -0.1) is 0 Å². The van der Waals surface area contributed by atoms with Gasteiger partial charge in [-0.2, -0.15) is 10.2 Å². The van der Waals surface area contributed by atoms with E-state index < -0.39 is 11.5 Å². The van der Waals surface area contributed by atoms with Crippen LogP contribution in [-0.2, 0) is 24.2 Å². The molecule has 1 aliphatic rings. The van der Waals surface area contributed by atoms with Crippen LogP contribution in [0.3, 0.4) is 0 Å². The third-order valence-electron chi connectivity index (χ3n) is 7.03. The summed E-state index contributed by atoms with van der Waals surface area (Å²) in [6.45, 7) is 5.64. The van der Waals surface area contributed by atoms with Crippen molar-refractivity contribution in [1.82, 2.24) is 34.0 Å². The Morgan fingerprint density at radius 2 is 1.84 bits per heavy atom. The third-order valence-corrected chi connectivity index (χ3v) is 7.03. The Balaban J connectivity index is 1.50. The van der Waals surface area contributed by atoms with Gasteiger partial charge >= 0.3 is 5.69 Å². The summed E-state index contributed by atoms with van der Waals surface area (Å²) >= 11 is 0. The molecule has 3 aromatic heterocycles. The molecule has 0 bridgehead atoms. The molecular formula is C27H27F2N7O2. The second-order valence-electron chi connectivity index (χ2n) is 9.52. The van der Waals surface area contributed by atoms with Gasteiger partial charge in [-0.05, 0) is 43.2 Å². The molecular weight excluding hydrogens is 492 g/mol. The molecule has 0 atom stereocenters. The lowest BCUT2D eigenvalue weighted by molar-refractivity contribution is 0.185. The number of nitrogens with one attached hydrogen (secondary N) is 1. The molecule has 0 unspecified atom stereocenters. The number of imidazole rings is 1. The molecule has 0 amide bonds. The molecule has 196 valence electrons. The van der Waals surface area contributed by atoms with Crippen molar-refractivity contribution in [3.05, 3.63) is 87.4 Å². The molecule has 0 fully saturated rings. The van der Waals surface area contributed by atoms with E-state index >= 15 is 4.39 Å². The van der Waals surface area contributed by atoms with Gasteiger partial charge in [-0.25, -0.2) is 18.3 Å². The molecule has 0 aliphatic carbocycles. The lowest BCUT2D eigenvalue weighted by Gasteiger charge is -2.14. The fourth-order valence-electron chi connectivity index (χ4n) is 5.11. The monoisotopic (exact) mass is 519 g/mol. The summed E-state index contributed by atoms with van der Waals surface area (Å²) in [5, 5.41) is 13.2. The van der Waals surface area contributed by atoms with E-state index in [1.807, 2.05) is 0 Å². The van der Waals surface area contributed by atoms with Crippen LogP contribution in [0.4, 0.5) is 8.78 Å². The summed E-state index contributed by atoms with van der Waals surface area (Å²) in [7, 11) is 1.60. The number of aromatic nitrogens is 6. The zero-order chi connectivity index (χ0) is 26.6. The van der Waals surface area contributed by atoms with E-state index in [4.69, 9.17) is 9.84 Å². The fraction of sp³-hybridized carbons (Fsp3) is 0.296. The highest BCUT2D eigenvalue weighted by Crippen LogP contribution is 2.27. The van der Waals surface area contributed by atoms with Crippen LogP contribution < -0.4 is 11.0 Å². The first-order valence-corrected chi connectivity index (χ1v) is 12.4. The molecule has 11 heteroatoms. The van der Waals surface area contributed by atoms with Gasteiger partial charge in [0.1, 0.15) is 17.5 Å². The summed E-state index contributed by atoms with van der Waals surface area (Å²) in [5.74, 6) is -0.262. The molecule has 1 aliphatic heterocycles. The van der Waals surface area contributed by atoms with Crippen LogP contribution in [0.15, 0.2) is 47.7 Å². The van der Waals surface area contributed by atoms with Crippen LogP contribution in [0.5, 0.6) is 0 Å². The number of ether oxygens (including phenoxy) is 1. The van der Waals surface area contributed by atoms with E-state index in [0.717, 1.165) is 17.8 Å². The number of nitrogens with zero attached hydrogens (tertiary/aromatic N) is 6. The minimum atomic E-state index is -0.543. The van der Waals surface area contributed by atoms with Crippen molar-refractivity contribution < 1.29 is 13.5 Å². The van der Waals surface area contributed by atoms with Gasteiger partial charge in [-0.1, -0.05) is 0 Å². The summed E-state index contributed by atoms with van der Waals surface area (Å²) in [6, 6.07) is 6.44. The predicted octanol–water partition coefficient (Wildman–Crippen LogP) is 3.35. The Labute approximate surface area is 216 Å². The van der Waals surface area contributed by atoms with Crippen molar-refractivity contribution >= 4 is 10.9 Å². The van der Waals surface area contributed by atoms with Crippen LogP contribution in [0, 0.1) is 25.5 Å². The Kier molecular flexibility index (Phi) is 5.96. The first kappa shape index (κ1) is 24.3. The van der Waals surface area contributed by atoms with Gasteiger partial charge < -0.3 is 10.1 Å². The fourth-order valence-corrected chi connectivity index (χ4v) is 5.11. The standard InChI is InChI=1S/C27H27F2N7O2/c1-16-10-19(11-17(2)25(16)29)36-26(20-15-30-5-4-22(20)32-36)34-7-6-33(27(34)37)24-12-18-14-31-35(8-9-38-3)23(18)13-21(24)28/h6-7,10-14,30H,4-5,8-9,15H2,1-3H3. The van der Waals surface area contributed by atoms with Crippen molar-refractivity contribution in [3.63, 3.8) is 0 Å². The Morgan fingerprint density at radius 1 is 1.08 bits per heavy atom. The number of aryl methyl sites for hydroxylation is 2. The smallest absolute Gasteiger partial charge is 0.338 e. The highest BCUT2D eigenvalue weighted by atomic mass is 19.1. The van der Waals surface area contributed by atoms with Crippen molar-refractivity contribution in [3.8, 4) is 17.2 Å². The molecule has 1 N–H and O–H groups in total. The van der Waals surface area contributed by atoms with E-state index in [1.54, 1.807) is 67.1 Å². The van der Waals surface area contributed by atoms with Gasteiger partial charge in [0.05, 0.1) is 41.9 Å². The maximum absolute atomic E-state index is 15.4. The van der Waals surface area contributed by atoms with Crippen molar-refractivity contribution in [2.75, 3.05) is 20.3 Å². The zero-order valence-corrected chi connectivity index (χ0v) is 21.3. The molecule has 4 heterocycles. The first-order chi connectivity index (χ1) is 18.4. The minimum absolute atomic E-state index is 0.124. The SMILES string of the molecule is COCCn1ncc2cc(-n3ccn(-c4c5c(nn4-c4cc(C)c(F)c(C)c4)CCNC5)c3=O)c(F)cc21. The van der Waals surface area contributed by atoms with Crippen LogP contribution >= 0.6 is 0 Å². The normalized spacial score (nSPS) is 13.4. The van der Waals surface area contributed by atoms with Crippen LogP contribution in [-0.4, -0.2) is 49.0 Å². The van der Waals surface area contributed by atoms with Crippen LogP contribution in [0.25, 0.3) is 28.1 Å². The van der Waals surface area contributed by atoms with Gasteiger partial charge in [0.2, 0.25) is 0 Å². The summed E-state index contributed by atoms with van der Waals surface area (Å²) < 4.78 is 41.0. The molecule has 5 aromatic rings. The van der Waals surface area contributed by atoms with Crippen LogP contribution in [0.1, 0.15) is 22.4 Å². The average molecular weight is 520 g/mol. The third kappa shape index (κ3) is 3.86. The average Bonchev–Trinajstić information content (AvgIpc) is 3.59. The van der Waals surface area contributed by atoms with E-state index in [-0.39, 0.29) is 11.5 Å². The number of hydrogen-bond donors (Lipinski definition) is 1. The molecule has 9 nitrogen and oxygen atoms in total. The van der Waals surface area contributed by atoms with Crippen LogP contribution in [0.2, 0.25) is 0 Å². The molecule has 2 aromatic carbocycles. The van der Waals surface area contributed by atoms with Gasteiger partial charge in [0, 0.05) is 56.0 Å². The Hall–Kier alpha value is -4.09. The number of fused-ring (bicyclic) bond motifs is 2. The van der Waals surface area contributed by atoms with E-state index in [0.29, 0.717) is 59.7 Å². The number of halogens is 2. The predicted molar refractivity (Wildman–Crippen MR) is 138 cm³/mol. The first-order valence-electron chi connectivity index (χ1n) is 12.4. The largest absolute Gasteiger partial charge is 0.383 e. The number of methoxy groups -OCH3 is 1. The number of benzene rings is 2. The Morgan fingerprint density at radius 3 is 2.61 bits per heavy atom. The highest BCUT2D eigenvalue weighted by Gasteiger charge is 2.25. The Bertz CT molecular complexity index is 1720. The second-order valence-corrected chi connectivity index (χ2v) is 9.52. The maximum atomic E-state index is 15.4. The quantitative estimate of drug-likeness (QED) is 0.372. The molecule has 6 rings (SSSR count). The molecule has 0 radical (unpaired) electrons. The number of rotatable bonds is 6. The van der Waals surface area contributed by atoms with E-state index in [2.05, 4.69) is 10.4 Å². The topological polar surface area (TPSA) is 83.8 Å². The van der Waals surface area contributed by atoms with Gasteiger partial charge in [-0.3, -0.25) is 13.8 Å². The number of hydrogen-bond acceptors (Lipinski definition) is 5. The summed E-state index contributed by atoms with van der Waals surface area (Å²) in [6.07, 6.45) is 5.50. The van der Waals surface area contributed by atoms with E-state index in [1.165, 1.54) is 15.2 Å². The second kappa shape index (κ2) is 9.34. The molecule has 0 saturated carbocycles. The summed E-state index contributed by atoms with van der Waals surface area (Å²) in [5.41, 5.74) is 3.68. The lowest BCUT2D eigenvalue weighted by Crippen LogP contribution is -2.27. The van der Waals surface area contributed by atoms with Gasteiger partial charge in [0.15, 0.2) is 0 Å². The molecule has 0 spiro atoms. The van der Waals surface area contributed by atoms with E-state index in [9.17, 15) is 9.18 Å². The lowest BCUT2D eigenvalue weighted by atomic mass is 10.1. The van der Waals surface area contributed by atoms with Crippen molar-refractivity contribution in [2.45, 2.75) is 33.4 Å². The highest BCUT2D eigenvalue weighted by molar-refractivity contribution is 5.81.